The van der Waals surface area contributed by atoms with Gasteiger partial charge in [0.1, 0.15) is 0 Å². The molecule has 0 radical (unpaired) electrons. The Balaban J connectivity index is 2.27. The van der Waals surface area contributed by atoms with E-state index in [0.717, 1.165) is 12.0 Å². The second-order valence-corrected chi connectivity index (χ2v) is 5.98. The molecule has 2 aromatic rings. The van der Waals surface area contributed by atoms with Crippen LogP contribution in [-0.4, -0.2) is 9.78 Å². The molecular formula is C15H15ClF3N3. The molecule has 0 saturated carbocycles. The number of nitrogens with two attached hydrogens (primary N) is 1. The van der Waals surface area contributed by atoms with Crippen molar-refractivity contribution in [2.45, 2.75) is 38.4 Å². The van der Waals surface area contributed by atoms with Gasteiger partial charge in [-0.15, -0.1) is 0 Å². The van der Waals surface area contributed by atoms with Gasteiger partial charge in [-0.25, -0.2) is 4.68 Å². The highest BCUT2D eigenvalue weighted by Gasteiger charge is 2.41. The van der Waals surface area contributed by atoms with Crippen LogP contribution >= 0.6 is 11.6 Å². The van der Waals surface area contributed by atoms with E-state index in [1.807, 2.05) is 6.92 Å². The number of nitrogens with zero attached hydrogens (tertiary/aromatic N) is 2. The summed E-state index contributed by atoms with van der Waals surface area (Å²) in [5, 5.41) is 4.30. The summed E-state index contributed by atoms with van der Waals surface area (Å²) < 4.78 is 41.3. The smallest absolute Gasteiger partial charge is 0.324 e. The maximum Gasteiger partial charge on any atom is 0.435 e. The number of halogens is 4. The molecule has 0 fully saturated rings. The molecular weight excluding hydrogens is 315 g/mol. The van der Waals surface area contributed by atoms with E-state index in [1.54, 1.807) is 18.2 Å². The van der Waals surface area contributed by atoms with Crippen molar-refractivity contribution >= 4 is 11.6 Å². The number of hydrogen-bond donors (Lipinski definition) is 1. The van der Waals surface area contributed by atoms with Crippen LogP contribution in [0.1, 0.15) is 41.4 Å². The summed E-state index contributed by atoms with van der Waals surface area (Å²) in [5.74, 6) is 0. The van der Waals surface area contributed by atoms with Crippen molar-refractivity contribution in [2.75, 3.05) is 0 Å². The quantitative estimate of drug-likeness (QED) is 0.852. The van der Waals surface area contributed by atoms with Gasteiger partial charge >= 0.3 is 6.18 Å². The van der Waals surface area contributed by atoms with Gasteiger partial charge in [-0.3, -0.25) is 0 Å². The zero-order valence-corrected chi connectivity index (χ0v) is 12.7. The zero-order valence-electron chi connectivity index (χ0n) is 11.9. The first-order valence-corrected chi connectivity index (χ1v) is 7.38. The SMILES string of the molecule is Cc1ccc(Cl)cc1-n1nc(C(F)(F)F)c2c1CCCC2N. The molecule has 22 heavy (non-hydrogen) atoms. The van der Waals surface area contributed by atoms with E-state index >= 15 is 0 Å². The Morgan fingerprint density at radius 1 is 1.36 bits per heavy atom. The normalized spacial score (nSPS) is 18.4. The molecule has 0 spiro atoms. The van der Waals surface area contributed by atoms with Crippen LogP contribution in [0, 0.1) is 6.92 Å². The van der Waals surface area contributed by atoms with Gasteiger partial charge in [-0.1, -0.05) is 17.7 Å². The lowest BCUT2D eigenvalue weighted by molar-refractivity contribution is -0.142. The van der Waals surface area contributed by atoms with Crippen molar-refractivity contribution in [2.24, 2.45) is 5.73 Å². The number of hydrogen-bond acceptors (Lipinski definition) is 2. The molecule has 2 N–H and O–H groups in total. The first-order valence-electron chi connectivity index (χ1n) is 7.00. The lowest BCUT2D eigenvalue weighted by Crippen LogP contribution is -2.21. The van der Waals surface area contributed by atoms with Crippen LogP contribution < -0.4 is 5.73 Å². The lowest BCUT2D eigenvalue weighted by atomic mass is 9.91. The second kappa shape index (κ2) is 5.28. The Bertz CT molecular complexity index is 722. The summed E-state index contributed by atoms with van der Waals surface area (Å²) in [7, 11) is 0. The predicted octanol–water partition coefficient (Wildman–Crippen LogP) is 4.19. The molecule has 1 atom stereocenters. The molecule has 0 aliphatic heterocycles. The van der Waals surface area contributed by atoms with E-state index in [-0.39, 0.29) is 5.56 Å². The Hall–Kier alpha value is -1.53. The van der Waals surface area contributed by atoms with Crippen LogP contribution in [0.5, 0.6) is 0 Å². The van der Waals surface area contributed by atoms with E-state index in [9.17, 15) is 13.2 Å². The van der Waals surface area contributed by atoms with Crippen LogP contribution in [0.15, 0.2) is 18.2 Å². The molecule has 1 aliphatic carbocycles. The fourth-order valence-electron chi connectivity index (χ4n) is 2.95. The van der Waals surface area contributed by atoms with Gasteiger partial charge in [-0.05, 0) is 43.9 Å². The van der Waals surface area contributed by atoms with Crippen LogP contribution in [0.25, 0.3) is 5.69 Å². The number of alkyl halides is 3. The average molecular weight is 330 g/mol. The van der Waals surface area contributed by atoms with Crippen LogP contribution in [-0.2, 0) is 12.6 Å². The molecule has 7 heteroatoms. The van der Waals surface area contributed by atoms with Crippen LogP contribution in [0.3, 0.4) is 0 Å². The van der Waals surface area contributed by atoms with Gasteiger partial charge in [0.05, 0.1) is 5.69 Å². The summed E-state index contributed by atoms with van der Waals surface area (Å²) in [6, 6.07) is 4.47. The van der Waals surface area contributed by atoms with Crippen molar-refractivity contribution in [3.63, 3.8) is 0 Å². The van der Waals surface area contributed by atoms with Gasteiger partial charge in [-0.2, -0.15) is 18.3 Å². The highest BCUT2D eigenvalue weighted by atomic mass is 35.5. The third kappa shape index (κ3) is 2.50. The first kappa shape index (κ1) is 15.4. The molecule has 118 valence electrons. The number of rotatable bonds is 1. The number of aryl methyl sites for hydroxylation is 1. The van der Waals surface area contributed by atoms with Crippen molar-refractivity contribution in [1.29, 1.82) is 0 Å². The van der Waals surface area contributed by atoms with E-state index in [4.69, 9.17) is 17.3 Å². The Morgan fingerprint density at radius 2 is 2.09 bits per heavy atom. The van der Waals surface area contributed by atoms with Gasteiger partial charge in [0.25, 0.3) is 0 Å². The highest BCUT2D eigenvalue weighted by Crippen LogP contribution is 2.40. The minimum atomic E-state index is -4.52. The molecule has 3 nitrogen and oxygen atoms in total. The third-order valence-corrected chi connectivity index (χ3v) is 4.22. The summed E-state index contributed by atoms with van der Waals surface area (Å²) in [4.78, 5) is 0. The van der Waals surface area contributed by atoms with Crippen molar-refractivity contribution in [1.82, 2.24) is 9.78 Å². The maximum atomic E-state index is 13.3. The van der Waals surface area contributed by atoms with Crippen LogP contribution in [0.4, 0.5) is 13.2 Å². The first-order chi connectivity index (χ1) is 10.3. The van der Waals surface area contributed by atoms with Crippen molar-refractivity contribution < 1.29 is 13.2 Å². The molecule has 0 saturated heterocycles. The third-order valence-electron chi connectivity index (χ3n) is 3.99. The van der Waals surface area contributed by atoms with E-state index < -0.39 is 17.9 Å². The molecule has 0 amide bonds. The largest absolute Gasteiger partial charge is 0.435 e. The number of fused-ring (bicyclic) bond motifs is 1. The van der Waals surface area contributed by atoms with E-state index in [2.05, 4.69) is 5.10 Å². The standard InChI is InChI=1S/C15H15ClF3N3/c1-8-5-6-9(16)7-12(8)22-11-4-2-3-10(20)13(11)14(21-22)15(17,18)19/h5-7,10H,2-4,20H2,1H3. The summed E-state index contributed by atoms with van der Waals surface area (Å²) in [6.07, 6.45) is -2.71. The molecule has 1 aromatic carbocycles. The number of aromatic nitrogens is 2. The lowest BCUT2D eigenvalue weighted by Gasteiger charge is -2.21. The Labute approximate surface area is 130 Å². The highest BCUT2D eigenvalue weighted by molar-refractivity contribution is 6.30. The Morgan fingerprint density at radius 3 is 2.77 bits per heavy atom. The fourth-order valence-corrected chi connectivity index (χ4v) is 3.11. The summed E-state index contributed by atoms with van der Waals surface area (Å²) in [6.45, 7) is 1.82. The minimum absolute atomic E-state index is 0.123. The predicted molar refractivity (Wildman–Crippen MR) is 78.2 cm³/mol. The van der Waals surface area contributed by atoms with Gasteiger partial charge in [0.15, 0.2) is 5.69 Å². The molecule has 1 heterocycles. The summed E-state index contributed by atoms with van der Waals surface area (Å²) in [5.41, 5.74) is 7.08. The number of benzene rings is 1. The second-order valence-electron chi connectivity index (χ2n) is 5.55. The maximum absolute atomic E-state index is 13.3. The topological polar surface area (TPSA) is 43.8 Å². The van der Waals surface area contributed by atoms with Crippen molar-refractivity contribution in [3.8, 4) is 5.69 Å². The van der Waals surface area contributed by atoms with Crippen LogP contribution in [0.2, 0.25) is 5.02 Å². The molecule has 1 unspecified atom stereocenters. The average Bonchev–Trinajstić information content (AvgIpc) is 2.82. The summed E-state index contributed by atoms with van der Waals surface area (Å²) >= 11 is 5.99. The Kier molecular flexibility index (Phi) is 3.69. The fraction of sp³-hybridized carbons (Fsp3) is 0.400. The molecule has 1 aromatic heterocycles. The molecule has 3 rings (SSSR count). The van der Waals surface area contributed by atoms with E-state index in [1.165, 1.54) is 4.68 Å². The molecule has 0 bridgehead atoms. The van der Waals surface area contributed by atoms with Gasteiger partial charge in [0, 0.05) is 22.3 Å². The van der Waals surface area contributed by atoms with Gasteiger partial charge in [0.2, 0.25) is 0 Å². The minimum Gasteiger partial charge on any atom is -0.324 e. The van der Waals surface area contributed by atoms with Crippen molar-refractivity contribution in [3.05, 3.63) is 45.7 Å². The molecule has 1 aliphatic rings. The van der Waals surface area contributed by atoms with Gasteiger partial charge < -0.3 is 5.73 Å². The zero-order chi connectivity index (χ0) is 16.1. The van der Waals surface area contributed by atoms with E-state index in [0.29, 0.717) is 29.2 Å². The monoisotopic (exact) mass is 329 g/mol.